The number of hydrogen-bond donors (Lipinski definition) is 2. The second kappa shape index (κ2) is 5.40. The molecule has 1 radical (unpaired) electrons. The van der Waals surface area contributed by atoms with Crippen LogP contribution in [0.5, 0.6) is 0 Å². The summed E-state index contributed by atoms with van der Waals surface area (Å²) in [6.07, 6.45) is 2.27. The van der Waals surface area contributed by atoms with Crippen LogP contribution in [-0.2, 0) is 17.1 Å². The van der Waals surface area contributed by atoms with Gasteiger partial charge in [0.25, 0.3) is 0 Å². The monoisotopic (exact) mass is 217 g/mol. The van der Waals surface area contributed by atoms with Crippen LogP contribution in [0.1, 0.15) is 11.5 Å². The third-order valence-corrected chi connectivity index (χ3v) is 1.02. The van der Waals surface area contributed by atoms with Crippen molar-refractivity contribution in [2.45, 2.75) is 0 Å². The first kappa shape index (κ1) is 10.7. The average molecular weight is 218 g/mol. The van der Waals surface area contributed by atoms with Crippen molar-refractivity contribution in [1.29, 1.82) is 0 Å². The molecule has 1 aromatic rings. The molecule has 0 fully saturated rings. The van der Waals surface area contributed by atoms with E-state index < -0.39 is 0 Å². The maximum atomic E-state index is 8.09. The van der Waals surface area contributed by atoms with E-state index in [1.54, 1.807) is 12.1 Å². The van der Waals surface area contributed by atoms with Crippen LogP contribution in [0.3, 0.4) is 0 Å². The molecule has 0 bridgehead atoms. The van der Waals surface area contributed by atoms with Gasteiger partial charge in [-0.2, -0.15) is 0 Å². The molecule has 0 aliphatic carbocycles. The third kappa shape index (κ3) is 2.77. The Morgan fingerprint density at radius 2 is 1.50 bits per heavy atom. The zero-order chi connectivity index (χ0) is 8.10. The van der Waals surface area contributed by atoms with Crippen LogP contribution >= 0.6 is 0 Å². The molecule has 1 aromatic heterocycles. The summed E-state index contributed by atoms with van der Waals surface area (Å²) in [5, 5.41) is 21.7. The minimum Gasteiger partial charge on any atom is -0.454 e. The number of hydrogen-bond acceptors (Lipinski definition) is 5. The molecule has 12 heavy (non-hydrogen) atoms. The Hall–Kier alpha value is -1.26. The van der Waals surface area contributed by atoms with Crippen molar-refractivity contribution in [3.05, 3.63) is 23.7 Å². The zero-order valence-corrected chi connectivity index (χ0v) is 6.75. The number of furan rings is 1. The molecule has 6 heteroatoms. The van der Waals surface area contributed by atoms with Gasteiger partial charge in [0.05, 0.1) is 0 Å². The van der Waals surface area contributed by atoms with Gasteiger partial charge in [0, 0.05) is 17.1 Å². The molecule has 0 amide bonds. The first-order chi connectivity index (χ1) is 5.36. The first-order valence-electron chi connectivity index (χ1n) is 2.81. The summed E-state index contributed by atoms with van der Waals surface area (Å²) in [7, 11) is 0. The van der Waals surface area contributed by atoms with Gasteiger partial charge in [0.15, 0.2) is 0 Å². The molecule has 0 atom stereocenters. The normalized spacial score (nSPS) is 10.7. The SMILES string of the molecule is ON=Cc1ccc(C=NO)o1.[Cu]. The Kier molecular flexibility index (Phi) is 4.83. The van der Waals surface area contributed by atoms with Crippen LogP contribution in [0, 0.1) is 0 Å². The fourth-order valence-electron chi connectivity index (χ4n) is 0.621. The minimum atomic E-state index is 0. The molecule has 0 spiro atoms. The van der Waals surface area contributed by atoms with Gasteiger partial charge in [-0.3, -0.25) is 0 Å². The summed E-state index contributed by atoms with van der Waals surface area (Å²) >= 11 is 0. The second-order valence-electron chi connectivity index (χ2n) is 1.73. The largest absolute Gasteiger partial charge is 0.454 e. The van der Waals surface area contributed by atoms with Gasteiger partial charge >= 0.3 is 0 Å². The fourth-order valence-corrected chi connectivity index (χ4v) is 0.621. The van der Waals surface area contributed by atoms with Gasteiger partial charge in [-0.15, -0.1) is 0 Å². The van der Waals surface area contributed by atoms with Crippen molar-refractivity contribution in [2.75, 3.05) is 0 Å². The molecule has 0 aromatic carbocycles. The molecule has 0 aliphatic heterocycles. The van der Waals surface area contributed by atoms with Crippen LogP contribution in [-0.4, -0.2) is 22.8 Å². The summed E-state index contributed by atoms with van der Waals surface area (Å²) in [6, 6.07) is 3.16. The van der Waals surface area contributed by atoms with E-state index in [0.717, 1.165) is 12.4 Å². The van der Waals surface area contributed by atoms with Crippen molar-refractivity contribution >= 4 is 12.4 Å². The van der Waals surface area contributed by atoms with Crippen LogP contribution in [0.15, 0.2) is 26.9 Å². The van der Waals surface area contributed by atoms with Gasteiger partial charge in [0.2, 0.25) is 0 Å². The third-order valence-electron chi connectivity index (χ3n) is 1.02. The fraction of sp³-hybridized carbons (Fsp3) is 0. The Bertz CT molecular complexity index is 256. The van der Waals surface area contributed by atoms with Crippen molar-refractivity contribution < 1.29 is 31.9 Å². The summed E-state index contributed by atoms with van der Waals surface area (Å²) < 4.78 is 4.95. The summed E-state index contributed by atoms with van der Waals surface area (Å²) in [4.78, 5) is 0. The van der Waals surface area contributed by atoms with E-state index in [-0.39, 0.29) is 17.1 Å². The average Bonchev–Trinajstić information content (AvgIpc) is 2.38. The number of oxime groups is 2. The topological polar surface area (TPSA) is 78.3 Å². The van der Waals surface area contributed by atoms with Crippen LogP contribution in [0.4, 0.5) is 0 Å². The molecule has 2 N–H and O–H groups in total. The molecule has 1 rings (SSSR count). The minimum absolute atomic E-state index is 0. The van der Waals surface area contributed by atoms with E-state index in [1.165, 1.54) is 0 Å². The summed E-state index contributed by atoms with van der Waals surface area (Å²) in [5.41, 5.74) is 0. The van der Waals surface area contributed by atoms with Gasteiger partial charge in [-0.1, -0.05) is 10.3 Å². The Morgan fingerprint density at radius 1 is 1.08 bits per heavy atom. The van der Waals surface area contributed by atoms with Gasteiger partial charge in [-0.05, 0) is 12.1 Å². The summed E-state index contributed by atoms with van der Waals surface area (Å²) in [6.45, 7) is 0. The number of rotatable bonds is 2. The van der Waals surface area contributed by atoms with E-state index in [2.05, 4.69) is 10.3 Å². The maximum absolute atomic E-state index is 8.09. The zero-order valence-electron chi connectivity index (χ0n) is 5.81. The second-order valence-corrected chi connectivity index (χ2v) is 1.73. The Balaban J connectivity index is 0.00000121. The van der Waals surface area contributed by atoms with Crippen LogP contribution in [0.2, 0.25) is 0 Å². The molecule has 0 saturated heterocycles. The molecule has 69 valence electrons. The smallest absolute Gasteiger partial charge is 0.149 e. The van der Waals surface area contributed by atoms with Crippen molar-refractivity contribution in [2.24, 2.45) is 10.3 Å². The molecule has 0 saturated carbocycles. The van der Waals surface area contributed by atoms with E-state index in [4.69, 9.17) is 14.8 Å². The van der Waals surface area contributed by atoms with E-state index in [0.29, 0.717) is 11.5 Å². The van der Waals surface area contributed by atoms with Gasteiger partial charge in [-0.25, -0.2) is 0 Å². The van der Waals surface area contributed by atoms with E-state index >= 15 is 0 Å². The quantitative estimate of drug-likeness (QED) is 0.334. The standard InChI is InChI=1S/C6H6N2O3.Cu/c9-7-3-5-1-2-6(11-5)4-8-10;/h1-4,9-10H;. The Labute approximate surface area is 78.8 Å². The summed E-state index contributed by atoms with van der Waals surface area (Å²) in [5.74, 6) is 0.782. The van der Waals surface area contributed by atoms with Crippen molar-refractivity contribution in [1.82, 2.24) is 0 Å². The Morgan fingerprint density at radius 3 is 1.83 bits per heavy atom. The number of nitrogens with zero attached hydrogens (tertiary/aromatic N) is 2. The predicted octanol–water partition coefficient (Wildman–Crippen LogP) is 0.893. The van der Waals surface area contributed by atoms with Crippen molar-refractivity contribution in [3.8, 4) is 0 Å². The van der Waals surface area contributed by atoms with Gasteiger partial charge < -0.3 is 14.8 Å². The van der Waals surface area contributed by atoms with E-state index in [9.17, 15) is 0 Å². The van der Waals surface area contributed by atoms with Crippen molar-refractivity contribution in [3.63, 3.8) is 0 Å². The molecule has 5 nitrogen and oxygen atoms in total. The predicted molar refractivity (Wildman–Crippen MR) is 37.5 cm³/mol. The van der Waals surface area contributed by atoms with Crippen LogP contribution < -0.4 is 0 Å². The van der Waals surface area contributed by atoms with E-state index in [1.807, 2.05) is 0 Å². The van der Waals surface area contributed by atoms with Gasteiger partial charge in [0.1, 0.15) is 23.9 Å². The maximum Gasteiger partial charge on any atom is 0.149 e. The molecule has 0 aliphatic rings. The van der Waals surface area contributed by atoms with Crippen LogP contribution in [0.25, 0.3) is 0 Å². The first-order valence-corrected chi connectivity index (χ1v) is 2.81. The molecule has 0 unspecified atom stereocenters. The molecular formula is C6H6CuN2O3. The molecule has 1 heterocycles. The molecular weight excluding hydrogens is 212 g/mol.